The van der Waals surface area contributed by atoms with Crippen LogP contribution in [0.25, 0.3) is 0 Å². The molecule has 7 heteroatoms. The molecule has 3 nitrogen and oxygen atoms in total. The van der Waals surface area contributed by atoms with Crippen molar-refractivity contribution in [2.75, 3.05) is 25.4 Å². The molecule has 0 fully saturated rings. The van der Waals surface area contributed by atoms with Crippen LogP contribution in [-0.4, -0.2) is 41.6 Å². The van der Waals surface area contributed by atoms with Crippen LogP contribution in [0.2, 0.25) is 0 Å². The largest absolute Gasteiger partial charge is 0.441 e. The van der Waals surface area contributed by atoms with Crippen LogP contribution in [0.4, 0.5) is 13.2 Å². The number of nitrogens with zero attached hydrogens (tertiary/aromatic N) is 1. The number of hydrogen-bond donors (Lipinski definition) is 2. The Bertz CT molecular complexity index is 231. The minimum Gasteiger partial charge on any atom is -0.388 e. The third kappa shape index (κ3) is 11.8. The first-order valence-electron chi connectivity index (χ1n) is 5.46. The van der Waals surface area contributed by atoms with E-state index in [1.54, 1.807) is 0 Å². The van der Waals surface area contributed by atoms with E-state index >= 15 is 0 Å². The first-order chi connectivity index (χ1) is 7.70. The standard InChI is InChI=1S/C10H20F3N3S/c1-8(2)7-16(4-3-9(14)15)5-6-17-10(11,12)13/h8H,3-7H2,1-2H3,(H3,14,15). The van der Waals surface area contributed by atoms with Crippen molar-refractivity contribution in [1.82, 2.24) is 4.90 Å². The van der Waals surface area contributed by atoms with Gasteiger partial charge < -0.3 is 10.6 Å². The van der Waals surface area contributed by atoms with E-state index in [1.165, 1.54) is 0 Å². The monoisotopic (exact) mass is 271 g/mol. The minimum atomic E-state index is -4.16. The Hall–Kier alpha value is -0.430. The minimum absolute atomic E-state index is 0.00336. The zero-order valence-corrected chi connectivity index (χ0v) is 11.0. The van der Waals surface area contributed by atoms with Crippen LogP contribution in [0, 0.1) is 11.3 Å². The lowest BCUT2D eigenvalue weighted by Crippen LogP contribution is -2.33. The Balaban J connectivity index is 3.97. The average molecular weight is 271 g/mol. The molecule has 0 aromatic carbocycles. The number of thioether (sulfide) groups is 1. The van der Waals surface area contributed by atoms with Crippen molar-refractivity contribution in [3.63, 3.8) is 0 Å². The molecule has 3 N–H and O–H groups in total. The molecular weight excluding hydrogens is 251 g/mol. The number of halogens is 3. The average Bonchev–Trinajstić information content (AvgIpc) is 2.10. The van der Waals surface area contributed by atoms with E-state index < -0.39 is 5.51 Å². The van der Waals surface area contributed by atoms with Crippen molar-refractivity contribution in [2.45, 2.75) is 25.8 Å². The van der Waals surface area contributed by atoms with E-state index in [9.17, 15) is 13.2 Å². The Morgan fingerprint density at radius 3 is 2.35 bits per heavy atom. The topological polar surface area (TPSA) is 53.1 Å². The predicted octanol–water partition coefficient (Wildman–Crippen LogP) is 2.52. The lowest BCUT2D eigenvalue weighted by Gasteiger charge is -2.24. The van der Waals surface area contributed by atoms with E-state index in [0.29, 0.717) is 25.4 Å². The fourth-order valence-electron chi connectivity index (χ4n) is 1.38. The van der Waals surface area contributed by atoms with Crippen LogP contribution >= 0.6 is 11.8 Å². The second-order valence-electron chi connectivity index (χ2n) is 4.26. The normalized spacial score (nSPS) is 12.4. The van der Waals surface area contributed by atoms with Gasteiger partial charge in [0, 0.05) is 31.8 Å². The highest BCUT2D eigenvalue weighted by atomic mass is 32.2. The van der Waals surface area contributed by atoms with Gasteiger partial charge in [0.2, 0.25) is 0 Å². The summed E-state index contributed by atoms with van der Waals surface area (Å²) in [6.07, 6.45) is 0.406. The van der Waals surface area contributed by atoms with Gasteiger partial charge in [0.05, 0.1) is 5.84 Å². The number of amidine groups is 1. The summed E-state index contributed by atoms with van der Waals surface area (Å²) in [4.78, 5) is 1.92. The van der Waals surface area contributed by atoms with E-state index in [1.807, 2.05) is 18.7 Å². The number of nitrogens with one attached hydrogen (secondary N) is 1. The summed E-state index contributed by atoms with van der Waals surface area (Å²) in [5.41, 5.74) is 1.08. The van der Waals surface area contributed by atoms with Crippen molar-refractivity contribution < 1.29 is 13.2 Å². The molecule has 0 aromatic heterocycles. The first-order valence-corrected chi connectivity index (χ1v) is 6.45. The van der Waals surface area contributed by atoms with Gasteiger partial charge in [-0.2, -0.15) is 13.2 Å². The summed E-state index contributed by atoms with van der Waals surface area (Å²) in [5, 5.41) is 7.11. The van der Waals surface area contributed by atoms with Crippen molar-refractivity contribution in [3.05, 3.63) is 0 Å². The van der Waals surface area contributed by atoms with E-state index in [4.69, 9.17) is 11.1 Å². The third-order valence-electron chi connectivity index (χ3n) is 1.99. The molecule has 0 aliphatic carbocycles. The van der Waals surface area contributed by atoms with Gasteiger partial charge in [0.1, 0.15) is 0 Å². The van der Waals surface area contributed by atoms with Crippen LogP contribution in [0.1, 0.15) is 20.3 Å². The van der Waals surface area contributed by atoms with Crippen molar-refractivity contribution >= 4 is 17.6 Å². The van der Waals surface area contributed by atoms with Crippen molar-refractivity contribution in [2.24, 2.45) is 11.7 Å². The molecule has 0 radical (unpaired) electrons. The summed E-state index contributed by atoms with van der Waals surface area (Å²) in [7, 11) is 0. The molecule has 0 aliphatic rings. The molecular formula is C10H20F3N3S. The maximum atomic E-state index is 12.0. The van der Waals surface area contributed by atoms with Gasteiger partial charge in [-0.05, 0) is 17.7 Å². The molecule has 0 aromatic rings. The van der Waals surface area contributed by atoms with E-state index in [0.717, 1.165) is 6.54 Å². The van der Waals surface area contributed by atoms with Crippen LogP contribution in [0.5, 0.6) is 0 Å². The summed E-state index contributed by atoms with van der Waals surface area (Å²) in [6.45, 7) is 5.67. The second kappa shape index (κ2) is 7.81. The molecule has 0 spiro atoms. The molecule has 0 saturated heterocycles. The molecule has 17 heavy (non-hydrogen) atoms. The maximum Gasteiger partial charge on any atom is 0.441 e. The highest BCUT2D eigenvalue weighted by Crippen LogP contribution is 2.29. The van der Waals surface area contributed by atoms with Crippen LogP contribution in [0.3, 0.4) is 0 Å². The van der Waals surface area contributed by atoms with Gasteiger partial charge >= 0.3 is 5.51 Å². The molecule has 0 aliphatic heterocycles. The van der Waals surface area contributed by atoms with Gasteiger partial charge in [-0.25, -0.2) is 0 Å². The number of rotatable bonds is 8. The summed E-state index contributed by atoms with van der Waals surface area (Å²) >= 11 is -0.00336. The fourth-order valence-corrected chi connectivity index (χ4v) is 1.96. The van der Waals surface area contributed by atoms with Gasteiger partial charge in [0.15, 0.2) is 0 Å². The van der Waals surface area contributed by atoms with Crippen LogP contribution in [0.15, 0.2) is 0 Å². The Morgan fingerprint density at radius 1 is 1.35 bits per heavy atom. The van der Waals surface area contributed by atoms with Gasteiger partial charge in [-0.15, -0.1) is 0 Å². The SMILES string of the molecule is CC(C)CN(CCSC(F)(F)F)CCC(=N)N. The molecule has 102 valence electrons. The second-order valence-corrected chi connectivity index (χ2v) is 5.42. The molecule has 0 bridgehead atoms. The fraction of sp³-hybridized carbons (Fsp3) is 0.900. The summed E-state index contributed by atoms with van der Waals surface area (Å²) in [5.74, 6) is 0.480. The smallest absolute Gasteiger partial charge is 0.388 e. The van der Waals surface area contributed by atoms with Gasteiger partial charge in [-0.3, -0.25) is 5.41 Å². The van der Waals surface area contributed by atoms with E-state index in [2.05, 4.69) is 0 Å². The Labute approximate surface area is 104 Å². The highest BCUT2D eigenvalue weighted by molar-refractivity contribution is 8.00. The summed E-state index contributed by atoms with van der Waals surface area (Å²) in [6, 6.07) is 0. The quantitative estimate of drug-likeness (QED) is 0.527. The maximum absolute atomic E-state index is 12.0. The zero-order valence-electron chi connectivity index (χ0n) is 10.2. The molecule has 0 heterocycles. The summed E-state index contributed by atoms with van der Waals surface area (Å²) < 4.78 is 35.9. The van der Waals surface area contributed by atoms with Crippen molar-refractivity contribution in [3.8, 4) is 0 Å². The Kier molecular flexibility index (Phi) is 7.61. The number of hydrogen-bond acceptors (Lipinski definition) is 3. The predicted molar refractivity (Wildman–Crippen MR) is 66.3 cm³/mol. The lowest BCUT2D eigenvalue weighted by atomic mass is 10.2. The number of nitrogens with two attached hydrogens (primary N) is 1. The molecule has 0 atom stereocenters. The highest BCUT2D eigenvalue weighted by Gasteiger charge is 2.27. The molecule has 0 rings (SSSR count). The zero-order chi connectivity index (χ0) is 13.5. The Morgan fingerprint density at radius 2 is 1.94 bits per heavy atom. The first kappa shape index (κ1) is 16.6. The third-order valence-corrected chi connectivity index (χ3v) is 2.71. The van der Waals surface area contributed by atoms with Crippen LogP contribution in [-0.2, 0) is 0 Å². The molecule has 0 saturated carbocycles. The van der Waals surface area contributed by atoms with Gasteiger partial charge in [-0.1, -0.05) is 13.8 Å². The lowest BCUT2D eigenvalue weighted by molar-refractivity contribution is -0.0328. The molecule has 0 amide bonds. The number of alkyl halides is 3. The molecule has 0 unspecified atom stereocenters. The van der Waals surface area contributed by atoms with Crippen LogP contribution < -0.4 is 5.73 Å². The van der Waals surface area contributed by atoms with Crippen molar-refractivity contribution in [1.29, 1.82) is 5.41 Å². The van der Waals surface area contributed by atoms with Gasteiger partial charge in [0.25, 0.3) is 0 Å². The van der Waals surface area contributed by atoms with E-state index in [-0.39, 0.29) is 23.4 Å².